The summed E-state index contributed by atoms with van der Waals surface area (Å²) in [6.45, 7) is 7.32. The van der Waals surface area contributed by atoms with Gasteiger partial charge in [-0.3, -0.25) is 0 Å². The number of nitrogens with one attached hydrogen (secondary N) is 1. The van der Waals surface area contributed by atoms with Crippen LogP contribution in [0.4, 0.5) is 18.0 Å². The highest BCUT2D eigenvalue weighted by molar-refractivity contribution is 6.56. The van der Waals surface area contributed by atoms with Gasteiger partial charge in [-0.05, 0) is 79.2 Å². The summed E-state index contributed by atoms with van der Waals surface area (Å²) in [4.78, 5) is 12.9. The lowest BCUT2D eigenvalue weighted by Crippen LogP contribution is -2.41. The summed E-state index contributed by atoms with van der Waals surface area (Å²) in [5.41, 5.74) is 2.35. The van der Waals surface area contributed by atoms with Gasteiger partial charge in [-0.15, -0.1) is 0 Å². The van der Waals surface area contributed by atoms with E-state index in [0.717, 1.165) is 40.5 Å². The number of benzene rings is 3. The van der Waals surface area contributed by atoms with Gasteiger partial charge in [0.05, 0.1) is 28.4 Å². The van der Waals surface area contributed by atoms with Crippen LogP contribution in [0, 0.1) is 11.3 Å². The van der Waals surface area contributed by atoms with E-state index in [4.69, 9.17) is 14.0 Å². The Kier molecular flexibility index (Phi) is 7.69. The van der Waals surface area contributed by atoms with Gasteiger partial charge in [0.2, 0.25) is 0 Å². The molecule has 0 aromatic heterocycles. The normalized spacial score (nSPS) is 17.4. The molecule has 5 rings (SSSR count). The lowest BCUT2D eigenvalue weighted by Gasteiger charge is -2.32. The standard InChI is InChI=1S/C32H30BF3N2O4/c1-30(2)31(3,4)42-33(41-30)23(16-21-15-22(32(34,35)36)14-13-20(21)17-37)18-38-29(39)40-19-28-26-11-7-5-9-24(26)25-10-6-8-12-27(25)28/h5-16,28H,18-19H2,1-4H3,(H,38,39). The number of nitriles is 1. The van der Waals surface area contributed by atoms with Crippen LogP contribution in [0.2, 0.25) is 0 Å². The average Bonchev–Trinajstić information content (AvgIpc) is 3.37. The molecule has 10 heteroatoms. The molecule has 1 aliphatic carbocycles. The van der Waals surface area contributed by atoms with Crippen LogP contribution in [0.3, 0.4) is 0 Å². The van der Waals surface area contributed by atoms with Crippen molar-refractivity contribution in [2.75, 3.05) is 13.2 Å². The van der Waals surface area contributed by atoms with Crippen LogP contribution in [0.5, 0.6) is 0 Å². The largest absolute Gasteiger partial charge is 0.492 e. The molecule has 1 fully saturated rings. The molecule has 2 aliphatic rings. The molecule has 1 N–H and O–H groups in total. The highest BCUT2D eigenvalue weighted by Crippen LogP contribution is 2.44. The van der Waals surface area contributed by atoms with Gasteiger partial charge < -0.3 is 19.4 Å². The number of amides is 1. The molecule has 3 aromatic carbocycles. The predicted molar refractivity (Wildman–Crippen MR) is 153 cm³/mol. The summed E-state index contributed by atoms with van der Waals surface area (Å²) in [7, 11) is -0.982. The van der Waals surface area contributed by atoms with Crippen molar-refractivity contribution < 1.29 is 32.0 Å². The highest BCUT2D eigenvalue weighted by Gasteiger charge is 2.52. The SMILES string of the molecule is CC1(C)OB(C(=Cc2cc(C(F)(F)F)ccc2C#N)CNC(=O)OCC2c3ccccc3-c3ccccc32)OC1(C)C. The summed E-state index contributed by atoms with van der Waals surface area (Å²) >= 11 is 0. The monoisotopic (exact) mass is 574 g/mol. The number of carbonyl (C=O) groups is 1. The fourth-order valence-electron chi connectivity index (χ4n) is 5.18. The minimum absolute atomic E-state index is 0.0337. The maximum absolute atomic E-state index is 13.5. The number of rotatable bonds is 6. The van der Waals surface area contributed by atoms with Crippen molar-refractivity contribution in [1.29, 1.82) is 5.26 Å². The van der Waals surface area contributed by atoms with Crippen molar-refractivity contribution in [3.05, 3.63) is 100 Å². The third-order valence-electron chi connectivity index (χ3n) is 8.18. The maximum atomic E-state index is 13.5. The molecular weight excluding hydrogens is 544 g/mol. The number of nitrogens with zero attached hydrogens (tertiary/aromatic N) is 1. The number of hydrogen-bond donors (Lipinski definition) is 1. The fourth-order valence-corrected chi connectivity index (χ4v) is 5.18. The first kappa shape index (κ1) is 29.4. The van der Waals surface area contributed by atoms with Gasteiger partial charge in [-0.2, -0.15) is 18.4 Å². The highest BCUT2D eigenvalue weighted by atomic mass is 19.4. The van der Waals surface area contributed by atoms with Crippen LogP contribution in [-0.4, -0.2) is 37.6 Å². The summed E-state index contributed by atoms with van der Waals surface area (Å²) < 4.78 is 58.3. The zero-order valence-electron chi connectivity index (χ0n) is 23.7. The first-order chi connectivity index (χ1) is 19.8. The van der Waals surface area contributed by atoms with Crippen LogP contribution in [-0.2, 0) is 20.2 Å². The summed E-state index contributed by atoms with van der Waals surface area (Å²) in [5, 5.41) is 12.3. The molecule has 3 aromatic rings. The Hall–Kier alpha value is -4.07. The van der Waals surface area contributed by atoms with Gasteiger partial charge in [0.25, 0.3) is 0 Å². The first-order valence-corrected chi connectivity index (χ1v) is 13.6. The first-order valence-electron chi connectivity index (χ1n) is 13.6. The van der Waals surface area contributed by atoms with E-state index in [-0.39, 0.29) is 30.2 Å². The van der Waals surface area contributed by atoms with E-state index in [1.165, 1.54) is 6.08 Å². The minimum Gasteiger partial charge on any atom is -0.449 e. The van der Waals surface area contributed by atoms with Crippen LogP contribution in [0.1, 0.15) is 61.4 Å². The van der Waals surface area contributed by atoms with Crippen molar-refractivity contribution in [3.63, 3.8) is 0 Å². The Morgan fingerprint density at radius 2 is 1.57 bits per heavy atom. The molecule has 0 spiro atoms. The maximum Gasteiger partial charge on any atom is 0.492 e. The van der Waals surface area contributed by atoms with E-state index in [1.54, 1.807) is 0 Å². The molecule has 1 aliphatic heterocycles. The van der Waals surface area contributed by atoms with E-state index < -0.39 is 36.2 Å². The van der Waals surface area contributed by atoms with Crippen molar-refractivity contribution in [2.45, 2.75) is 51.0 Å². The van der Waals surface area contributed by atoms with Crippen LogP contribution in [0.15, 0.2) is 72.2 Å². The molecule has 42 heavy (non-hydrogen) atoms. The van der Waals surface area contributed by atoms with Crippen molar-refractivity contribution in [2.24, 2.45) is 0 Å². The molecule has 0 radical (unpaired) electrons. The summed E-state index contributed by atoms with van der Waals surface area (Å²) in [6.07, 6.45) is -3.90. The number of halogens is 3. The Balaban J connectivity index is 1.37. The Morgan fingerprint density at radius 3 is 2.12 bits per heavy atom. The third-order valence-corrected chi connectivity index (χ3v) is 8.18. The topological polar surface area (TPSA) is 80.6 Å². The molecule has 1 amide bonds. The summed E-state index contributed by atoms with van der Waals surface area (Å²) in [5.74, 6) is -0.135. The van der Waals surface area contributed by atoms with E-state index in [2.05, 4.69) is 5.32 Å². The number of fused-ring (bicyclic) bond motifs is 3. The molecule has 0 bridgehead atoms. The fraction of sp³-hybridized carbons (Fsp3) is 0.312. The zero-order chi connectivity index (χ0) is 30.3. The average molecular weight is 574 g/mol. The molecule has 0 saturated carbocycles. The third kappa shape index (κ3) is 5.67. The van der Waals surface area contributed by atoms with Crippen molar-refractivity contribution >= 4 is 19.3 Å². The number of hydrogen-bond acceptors (Lipinski definition) is 5. The van der Waals surface area contributed by atoms with E-state index in [1.807, 2.05) is 82.3 Å². The van der Waals surface area contributed by atoms with Gasteiger partial charge >= 0.3 is 19.4 Å². The molecule has 6 nitrogen and oxygen atoms in total. The Morgan fingerprint density at radius 1 is 1.00 bits per heavy atom. The summed E-state index contributed by atoms with van der Waals surface area (Å²) in [6, 6.07) is 20.8. The molecule has 0 atom stereocenters. The Labute approximate surface area is 243 Å². The van der Waals surface area contributed by atoms with Crippen LogP contribution >= 0.6 is 0 Å². The smallest absolute Gasteiger partial charge is 0.449 e. The zero-order valence-corrected chi connectivity index (χ0v) is 23.7. The van der Waals surface area contributed by atoms with Gasteiger partial charge in [0.15, 0.2) is 0 Å². The molecular formula is C32H30BF3N2O4. The molecule has 1 heterocycles. The quantitative estimate of drug-likeness (QED) is 0.317. The van der Waals surface area contributed by atoms with Crippen LogP contribution in [0.25, 0.3) is 17.2 Å². The second-order valence-electron chi connectivity index (χ2n) is 11.4. The predicted octanol–water partition coefficient (Wildman–Crippen LogP) is 7.13. The Bertz CT molecular complexity index is 1530. The van der Waals surface area contributed by atoms with Gasteiger partial charge in [0, 0.05) is 12.5 Å². The second-order valence-corrected chi connectivity index (χ2v) is 11.4. The number of ether oxygens (including phenoxy) is 1. The molecule has 0 unspecified atom stereocenters. The van der Waals surface area contributed by atoms with E-state index in [0.29, 0.717) is 5.47 Å². The lowest BCUT2D eigenvalue weighted by atomic mass is 9.76. The molecule has 216 valence electrons. The van der Waals surface area contributed by atoms with Crippen molar-refractivity contribution in [3.8, 4) is 17.2 Å². The molecule has 1 saturated heterocycles. The second kappa shape index (κ2) is 11.0. The van der Waals surface area contributed by atoms with Gasteiger partial charge in [-0.1, -0.05) is 54.6 Å². The minimum atomic E-state index is -4.60. The van der Waals surface area contributed by atoms with Crippen molar-refractivity contribution in [1.82, 2.24) is 5.32 Å². The van der Waals surface area contributed by atoms with Gasteiger partial charge in [0.1, 0.15) is 6.61 Å². The van der Waals surface area contributed by atoms with E-state index in [9.17, 15) is 23.2 Å². The number of alkyl carbamates (subject to hydrolysis) is 1. The van der Waals surface area contributed by atoms with E-state index >= 15 is 0 Å². The van der Waals surface area contributed by atoms with Crippen LogP contribution < -0.4 is 5.32 Å². The van der Waals surface area contributed by atoms with Gasteiger partial charge in [-0.25, -0.2) is 4.79 Å². The number of alkyl halides is 3. The lowest BCUT2D eigenvalue weighted by molar-refractivity contribution is -0.137. The number of carbonyl (C=O) groups excluding carboxylic acids is 1.